The van der Waals surface area contributed by atoms with Crippen LogP contribution in [0.5, 0.6) is 0 Å². The maximum absolute atomic E-state index is 5.85. The normalized spacial score (nSPS) is 10.5. The zero-order valence-corrected chi connectivity index (χ0v) is 10.1. The second kappa shape index (κ2) is 4.63. The molecule has 1 aromatic heterocycles. The lowest BCUT2D eigenvalue weighted by molar-refractivity contribution is 1.05. The van der Waals surface area contributed by atoms with Crippen molar-refractivity contribution in [3.8, 4) is 0 Å². The van der Waals surface area contributed by atoms with Gasteiger partial charge in [0.25, 0.3) is 0 Å². The molecule has 87 valence electrons. The average Bonchev–Trinajstić information content (AvgIpc) is 2.42. The van der Waals surface area contributed by atoms with Gasteiger partial charge >= 0.3 is 0 Å². The van der Waals surface area contributed by atoms with Crippen LogP contribution < -0.4 is 5.32 Å². The van der Waals surface area contributed by atoms with Crippen LogP contribution in [0.15, 0.2) is 48.5 Å². The first kappa shape index (κ1) is 11.0. The van der Waals surface area contributed by atoms with Crippen molar-refractivity contribution in [2.24, 2.45) is 0 Å². The number of anilines is 2. The Morgan fingerprint density at radius 2 is 1.78 bits per heavy atom. The van der Waals surface area contributed by atoms with E-state index in [2.05, 4.69) is 21.7 Å². The van der Waals surface area contributed by atoms with E-state index in [1.165, 1.54) is 0 Å². The molecule has 3 aromatic rings. The molecule has 0 amide bonds. The van der Waals surface area contributed by atoms with Crippen molar-refractivity contribution < 1.29 is 0 Å². The number of hydrogen-bond acceptors (Lipinski definition) is 3. The molecule has 0 bridgehead atoms. The minimum Gasteiger partial charge on any atom is -0.338 e. The zero-order chi connectivity index (χ0) is 12.4. The van der Waals surface area contributed by atoms with E-state index in [1.54, 1.807) is 0 Å². The standard InChI is InChI=1S/C14H9ClN3/c15-11-5-7-12(8-6-11)17-14-13-4-2-1-3-10(13)9-16-18-14/h1-8H,(H,17,18). The molecule has 0 fully saturated rings. The first-order valence-electron chi connectivity index (χ1n) is 5.48. The van der Waals surface area contributed by atoms with Gasteiger partial charge < -0.3 is 5.32 Å². The molecule has 0 spiro atoms. The summed E-state index contributed by atoms with van der Waals surface area (Å²) in [6.07, 6.45) is 2.86. The Hall–Kier alpha value is -2.13. The van der Waals surface area contributed by atoms with E-state index in [1.807, 2.05) is 48.5 Å². The largest absolute Gasteiger partial charge is 0.338 e. The lowest BCUT2D eigenvalue weighted by atomic mass is 10.2. The summed E-state index contributed by atoms with van der Waals surface area (Å²) in [4.78, 5) is 0. The van der Waals surface area contributed by atoms with Crippen LogP contribution in [0, 0.1) is 6.20 Å². The fraction of sp³-hybridized carbons (Fsp3) is 0. The maximum Gasteiger partial charge on any atom is 0.161 e. The molecule has 0 saturated heterocycles. The van der Waals surface area contributed by atoms with Crippen LogP contribution in [0.4, 0.5) is 11.5 Å². The van der Waals surface area contributed by atoms with Crippen LogP contribution >= 0.6 is 11.6 Å². The van der Waals surface area contributed by atoms with Crippen LogP contribution in [-0.4, -0.2) is 10.2 Å². The highest BCUT2D eigenvalue weighted by Gasteiger charge is 2.03. The summed E-state index contributed by atoms with van der Waals surface area (Å²) in [5.41, 5.74) is 0.921. The van der Waals surface area contributed by atoms with Gasteiger partial charge in [0.2, 0.25) is 0 Å². The van der Waals surface area contributed by atoms with Gasteiger partial charge in [0.1, 0.15) is 6.20 Å². The van der Waals surface area contributed by atoms with E-state index in [9.17, 15) is 0 Å². The highest BCUT2D eigenvalue weighted by Crippen LogP contribution is 2.23. The summed E-state index contributed by atoms with van der Waals surface area (Å²) >= 11 is 5.85. The SMILES string of the molecule is Clc1ccc(Nc2nn[c]c3ccccc23)cc1. The van der Waals surface area contributed by atoms with Gasteiger partial charge in [-0.15, -0.1) is 10.2 Å². The molecule has 0 unspecified atom stereocenters. The Labute approximate surface area is 109 Å². The lowest BCUT2D eigenvalue weighted by Gasteiger charge is -2.07. The average molecular weight is 255 g/mol. The Bertz CT molecular complexity index is 675. The van der Waals surface area contributed by atoms with Crippen LogP contribution in [0.2, 0.25) is 5.02 Å². The highest BCUT2D eigenvalue weighted by molar-refractivity contribution is 6.30. The number of halogens is 1. The molecule has 1 N–H and O–H groups in total. The molecule has 0 aliphatic heterocycles. The van der Waals surface area contributed by atoms with Gasteiger partial charge in [-0.1, -0.05) is 35.9 Å². The zero-order valence-electron chi connectivity index (χ0n) is 9.39. The number of nitrogens with zero attached hydrogens (tertiary/aromatic N) is 2. The van der Waals surface area contributed by atoms with Crippen LogP contribution in [0.25, 0.3) is 10.8 Å². The molecular weight excluding hydrogens is 246 g/mol. The highest BCUT2D eigenvalue weighted by atomic mass is 35.5. The van der Waals surface area contributed by atoms with Crippen molar-refractivity contribution in [2.45, 2.75) is 0 Å². The molecule has 4 heteroatoms. The molecule has 0 aliphatic rings. The van der Waals surface area contributed by atoms with Crippen molar-refractivity contribution in [3.63, 3.8) is 0 Å². The smallest absolute Gasteiger partial charge is 0.161 e. The van der Waals surface area contributed by atoms with E-state index in [4.69, 9.17) is 11.6 Å². The van der Waals surface area contributed by atoms with Crippen LogP contribution in [0.1, 0.15) is 0 Å². The summed E-state index contributed by atoms with van der Waals surface area (Å²) in [5.74, 6) is 0.715. The molecule has 3 rings (SSSR count). The van der Waals surface area contributed by atoms with Gasteiger partial charge in [-0.3, -0.25) is 0 Å². The Kier molecular flexibility index (Phi) is 2.82. The summed E-state index contributed by atoms with van der Waals surface area (Å²) in [7, 11) is 0. The summed E-state index contributed by atoms with van der Waals surface area (Å²) in [5, 5.41) is 13.8. The quantitative estimate of drug-likeness (QED) is 0.755. The number of benzene rings is 2. The van der Waals surface area contributed by atoms with Gasteiger partial charge in [-0.25, -0.2) is 0 Å². The third-order valence-electron chi connectivity index (χ3n) is 2.61. The van der Waals surface area contributed by atoms with Crippen molar-refractivity contribution in [1.29, 1.82) is 0 Å². The Morgan fingerprint density at radius 1 is 1.00 bits per heavy atom. The maximum atomic E-state index is 5.85. The Balaban J connectivity index is 2.02. The second-order valence-electron chi connectivity index (χ2n) is 3.84. The topological polar surface area (TPSA) is 37.8 Å². The number of hydrogen-bond donors (Lipinski definition) is 1. The Morgan fingerprint density at radius 3 is 2.61 bits per heavy atom. The van der Waals surface area contributed by atoms with E-state index >= 15 is 0 Å². The molecule has 18 heavy (non-hydrogen) atoms. The van der Waals surface area contributed by atoms with E-state index in [0.29, 0.717) is 10.8 Å². The molecule has 0 atom stereocenters. The van der Waals surface area contributed by atoms with Crippen LogP contribution in [0.3, 0.4) is 0 Å². The van der Waals surface area contributed by atoms with Crippen molar-refractivity contribution in [2.75, 3.05) is 5.32 Å². The summed E-state index contributed by atoms with van der Waals surface area (Å²) in [6.45, 7) is 0. The minimum atomic E-state index is 0.706. The van der Waals surface area contributed by atoms with Gasteiger partial charge in [-0.2, -0.15) is 0 Å². The second-order valence-corrected chi connectivity index (χ2v) is 4.27. The van der Waals surface area contributed by atoms with E-state index < -0.39 is 0 Å². The van der Waals surface area contributed by atoms with Crippen LogP contribution in [-0.2, 0) is 0 Å². The molecule has 1 heterocycles. The van der Waals surface area contributed by atoms with Gasteiger partial charge in [0, 0.05) is 21.5 Å². The fourth-order valence-electron chi connectivity index (χ4n) is 1.73. The number of rotatable bonds is 2. The van der Waals surface area contributed by atoms with Gasteiger partial charge in [-0.05, 0) is 24.3 Å². The third-order valence-corrected chi connectivity index (χ3v) is 2.86. The van der Waals surface area contributed by atoms with Crippen molar-refractivity contribution in [3.05, 3.63) is 59.8 Å². The van der Waals surface area contributed by atoms with E-state index in [-0.39, 0.29) is 0 Å². The molecule has 3 nitrogen and oxygen atoms in total. The molecule has 0 aliphatic carbocycles. The molecular formula is C14H9ClN3. The third kappa shape index (κ3) is 2.13. The van der Waals surface area contributed by atoms with Gasteiger partial charge in [0.05, 0.1) is 0 Å². The fourth-order valence-corrected chi connectivity index (χ4v) is 1.86. The minimum absolute atomic E-state index is 0.706. The summed E-state index contributed by atoms with van der Waals surface area (Å²) < 4.78 is 0. The summed E-state index contributed by atoms with van der Waals surface area (Å²) in [6, 6.07) is 15.3. The molecule has 2 aromatic carbocycles. The lowest BCUT2D eigenvalue weighted by Crippen LogP contribution is -1.96. The first-order chi connectivity index (χ1) is 8.83. The van der Waals surface area contributed by atoms with Crippen molar-refractivity contribution in [1.82, 2.24) is 10.2 Å². The number of nitrogens with one attached hydrogen (secondary N) is 1. The number of aromatic nitrogens is 2. The van der Waals surface area contributed by atoms with E-state index in [0.717, 1.165) is 16.5 Å². The number of fused-ring (bicyclic) bond motifs is 1. The molecule has 0 saturated carbocycles. The van der Waals surface area contributed by atoms with Crippen molar-refractivity contribution >= 4 is 33.9 Å². The predicted octanol–water partition coefficient (Wildman–Crippen LogP) is 3.83. The monoisotopic (exact) mass is 254 g/mol. The molecule has 1 radical (unpaired) electrons. The predicted molar refractivity (Wildman–Crippen MR) is 73.1 cm³/mol. The first-order valence-corrected chi connectivity index (χ1v) is 5.86. The van der Waals surface area contributed by atoms with Gasteiger partial charge in [0.15, 0.2) is 5.82 Å².